The molecule has 1 aliphatic carbocycles. The van der Waals surface area contributed by atoms with Gasteiger partial charge in [0.15, 0.2) is 0 Å². The highest BCUT2D eigenvalue weighted by Gasteiger charge is 2.59. The number of ether oxygens (including phenoxy) is 3. The van der Waals surface area contributed by atoms with E-state index in [1.807, 2.05) is 11.8 Å². The van der Waals surface area contributed by atoms with Crippen LogP contribution in [-0.2, 0) is 28.6 Å². The second kappa shape index (κ2) is 15.0. The van der Waals surface area contributed by atoms with Crippen LogP contribution in [-0.4, -0.2) is 68.8 Å². The van der Waals surface area contributed by atoms with Crippen molar-refractivity contribution in [1.29, 1.82) is 0 Å². The minimum Gasteiger partial charge on any atom is -0.468 e. The molecule has 1 saturated carbocycles. The van der Waals surface area contributed by atoms with Crippen molar-refractivity contribution in [2.45, 2.75) is 110 Å². The molecule has 0 unspecified atom stereocenters. The summed E-state index contributed by atoms with van der Waals surface area (Å²) in [6.07, 6.45) is 13.7. The Hall–Kier alpha value is -1.93. The van der Waals surface area contributed by atoms with Gasteiger partial charge in [0.1, 0.15) is 5.41 Å². The number of fused-ring (bicyclic) bond motifs is 1. The average molecular weight is 535 g/mol. The molecule has 2 heterocycles. The van der Waals surface area contributed by atoms with Crippen molar-refractivity contribution in [3.63, 3.8) is 0 Å². The molecule has 216 valence electrons. The number of nitrogens with one attached hydrogen (secondary N) is 1. The van der Waals surface area contributed by atoms with Crippen LogP contribution in [0.5, 0.6) is 0 Å². The Morgan fingerprint density at radius 3 is 2.50 bits per heavy atom. The lowest BCUT2D eigenvalue weighted by atomic mass is 9.66. The van der Waals surface area contributed by atoms with E-state index in [1.54, 1.807) is 7.11 Å². The molecule has 0 aromatic heterocycles. The van der Waals surface area contributed by atoms with E-state index in [-0.39, 0.29) is 36.7 Å². The van der Waals surface area contributed by atoms with Crippen LogP contribution in [0.2, 0.25) is 0 Å². The monoisotopic (exact) mass is 534 g/mol. The molecule has 3 aliphatic rings. The van der Waals surface area contributed by atoms with Crippen molar-refractivity contribution >= 4 is 17.8 Å². The van der Waals surface area contributed by atoms with Gasteiger partial charge in [-0.3, -0.25) is 14.4 Å². The number of carbonyl (C=O) groups is 3. The lowest BCUT2D eigenvalue weighted by Crippen LogP contribution is -2.60. The van der Waals surface area contributed by atoms with Crippen molar-refractivity contribution in [3.8, 4) is 0 Å². The van der Waals surface area contributed by atoms with Gasteiger partial charge in [0.05, 0.1) is 19.3 Å². The van der Waals surface area contributed by atoms with Gasteiger partial charge in [-0.1, -0.05) is 51.9 Å². The number of likely N-dealkylation sites (tertiary alicyclic amines) is 1. The molecule has 1 saturated heterocycles. The van der Waals surface area contributed by atoms with Crippen molar-refractivity contribution in [1.82, 2.24) is 10.2 Å². The summed E-state index contributed by atoms with van der Waals surface area (Å²) in [6.45, 7) is 5.74. The van der Waals surface area contributed by atoms with E-state index in [0.717, 1.165) is 37.8 Å². The number of piperidine rings is 1. The maximum absolute atomic E-state index is 13.9. The molecule has 38 heavy (non-hydrogen) atoms. The van der Waals surface area contributed by atoms with Gasteiger partial charge in [-0.25, -0.2) is 0 Å². The zero-order valence-electron chi connectivity index (χ0n) is 24.1. The Morgan fingerprint density at radius 2 is 1.82 bits per heavy atom. The number of methoxy groups -OCH3 is 2. The number of amides is 2. The van der Waals surface area contributed by atoms with Gasteiger partial charge in [0, 0.05) is 44.8 Å². The van der Waals surface area contributed by atoms with Crippen molar-refractivity contribution in [3.05, 3.63) is 11.8 Å². The van der Waals surface area contributed by atoms with Crippen molar-refractivity contribution in [2.24, 2.45) is 17.3 Å². The smallest absolute Gasteiger partial charge is 0.320 e. The average Bonchev–Trinajstić information content (AvgIpc) is 3.45. The highest BCUT2D eigenvalue weighted by Crippen LogP contribution is 2.51. The van der Waals surface area contributed by atoms with E-state index in [9.17, 15) is 14.4 Å². The first-order valence-corrected chi connectivity index (χ1v) is 14.9. The van der Waals surface area contributed by atoms with Gasteiger partial charge in [0.2, 0.25) is 11.8 Å². The molecule has 1 N–H and O–H groups in total. The first kappa shape index (κ1) is 30.6. The number of hydrogen-bond donors (Lipinski definition) is 1. The minimum atomic E-state index is -1.10. The fraction of sp³-hybridized carbons (Fsp3) is 0.833. The number of nitrogens with zero attached hydrogens (tertiary/aromatic N) is 1. The third-order valence-electron chi connectivity index (χ3n) is 8.74. The zero-order chi connectivity index (χ0) is 27.5. The van der Waals surface area contributed by atoms with Crippen LogP contribution >= 0.6 is 0 Å². The quantitative estimate of drug-likeness (QED) is 0.241. The van der Waals surface area contributed by atoms with Crippen LogP contribution in [0.1, 0.15) is 97.3 Å². The third kappa shape index (κ3) is 7.17. The summed E-state index contributed by atoms with van der Waals surface area (Å²) in [5.41, 5.74) is -0.351. The fourth-order valence-corrected chi connectivity index (χ4v) is 6.57. The third-order valence-corrected chi connectivity index (χ3v) is 8.74. The molecule has 0 spiro atoms. The maximum Gasteiger partial charge on any atom is 0.320 e. The molecule has 2 fully saturated rings. The molecular formula is C30H50N2O6. The lowest BCUT2D eigenvalue weighted by molar-refractivity contribution is -0.177. The number of carbonyl (C=O) groups excluding carboxylic acids is 3. The zero-order valence-corrected chi connectivity index (χ0v) is 24.1. The van der Waals surface area contributed by atoms with E-state index in [0.29, 0.717) is 32.0 Å². The van der Waals surface area contributed by atoms with Gasteiger partial charge < -0.3 is 24.4 Å². The number of esters is 1. The highest BCUT2D eigenvalue weighted by atomic mass is 16.5. The predicted molar refractivity (Wildman–Crippen MR) is 146 cm³/mol. The number of unbranched alkanes of at least 4 members (excludes halogenated alkanes) is 5. The number of hydrogen-bond acceptors (Lipinski definition) is 6. The molecular weight excluding hydrogens is 484 g/mol. The van der Waals surface area contributed by atoms with Crippen LogP contribution in [0.3, 0.4) is 0 Å². The van der Waals surface area contributed by atoms with Crippen molar-refractivity contribution in [2.75, 3.05) is 33.9 Å². The van der Waals surface area contributed by atoms with Crippen LogP contribution in [0, 0.1) is 17.3 Å². The van der Waals surface area contributed by atoms with Gasteiger partial charge in [0.25, 0.3) is 0 Å². The van der Waals surface area contributed by atoms with Crippen LogP contribution in [0.15, 0.2) is 11.8 Å². The minimum absolute atomic E-state index is 0.0453. The molecule has 0 bridgehead atoms. The largest absolute Gasteiger partial charge is 0.468 e. The van der Waals surface area contributed by atoms with Crippen LogP contribution < -0.4 is 5.32 Å². The van der Waals surface area contributed by atoms with E-state index in [2.05, 4.69) is 18.3 Å². The highest BCUT2D eigenvalue weighted by molar-refractivity contribution is 5.92. The first-order chi connectivity index (χ1) is 18.4. The van der Waals surface area contributed by atoms with Gasteiger partial charge in [-0.05, 0) is 51.0 Å². The summed E-state index contributed by atoms with van der Waals surface area (Å²) < 4.78 is 17.0. The fourth-order valence-electron chi connectivity index (χ4n) is 6.57. The predicted octanol–water partition coefficient (Wildman–Crippen LogP) is 4.76. The molecule has 0 aromatic rings. The molecule has 0 radical (unpaired) electrons. The summed E-state index contributed by atoms with van der Waals surface area (Å²) in [7, 11) is 3.03. The SMILES string of the molecule is CCCCCCCCN1C(=O)[C@@H](CC(=O)NCCCOC)C[C@@]2(C(=O)OC)C1=C[C@H](C1CCCC1)O[C@@H]2C. The molecule has 8 heteroatoms. The van der Waals surface area contributed by atoms with E-state index in [4.69, 9.17) is 14.2 Å². The van der Waals surface area contributed by atoms with Gasteiger partial charge in [-0.15, -0.1) is 0 Å². The van der Waals surface area contributed by atoms with Crippen molar-refractivity contribution < 1.29 is 28.6 Å². The van der Waals surface area contributed by atoms with Gasteiger partial charge >= 0.3 is 5.97 Å². The Morgan fingerprint density at radius 1 is 1.11 bits per heavy atom. The molecule has 4 atom stereocenters. The summed E-state index contributed by atoms with van der Waals surface area (Å²) >= 11 is 0. The lowest BCUT2D eigenvalue weighted by Gasteiger charge is -2.52. The second-order valence-corrected chi connectivity index (χ2v) is 11.4. The number of rotatable bonds is 15. The Balaban J connectivity index is 1.87. The topological polar surface area (TPSA) is 94.2 Å². The molecule has 2 amide bonds. The Labute approximate surface area is 229 Å². The molecule has 8 nitrogen and oxygen atoms in total. The molecule has 0 aromatic carbocycles. The standard InChI is InChI=1S/C30H50N2O6/c1-5-6-7-8-9-12-17-32-26-20-25(23-14-10-11-15-23)38-22(2)30(26,29(35)37-4)21-24(28(32)34)19-27(33)31-16-13-18-36-3/h20,22-25H,5-19,21H2,1-4H3,(H,31,33)/t22-,24+,25-,30+/m1/s1. The van der Waals surface area contributed by atoms with Gasteiger partial charge in [-0.2, -0.15) is 0 Å². The van der Waals surface area contributed by atoms with E-state index < -0.39 is 17.4 Å². The Bertz CT molecular complexity index is 824. The van der Waals surface area contributed by atoms with E-state index in [1.165, 1.54) is 39.2 Å². The molecule has 3 rings (SSSR count). The Kier molecular flexibility index (Phi) is 12.1. The summed E-state index contributed by atoms with van der Waals surface area (Å²) in [5, 5.41) is 2.90. The summed E-state index contributed by atoms with van der Waals surface area (Å²) in [4.78, 5) is 42.1. The van der Waals surface area contributed by atoms with E-state index >= 15 is 0 Å². The maximum atomic E-state index is 13.9. The normalized spacial score (nSPS) is 27.7. The van der Waals surface area contributed by atoms with Crippen LogP contribution in [0.25, 0.3) is 0 Å². The van der Waals surface area contributed by atoms with Crippen LogP contribution in [0.4, 0.5) is 0 Å². The second-order valence-electron chi connectivity index (χ2n) is 11.4. The summed E-state index contributed by atoms with van der Waals surface area (Å²) in [5.74, 6) is -0.826. The summed E-state index contributed by atoms with van der Waals surface area (Å²) in [6, 6.07) is 0. The first-order valence-electron chi connectivity index (χ1n) is 14.9. The molecule has 2 aliphatic heterocycles.